The van der Waals surface area contributed by atoms with Gasteiger partial charge in [0.25, 0.3) is 5.91 Å². The number of amides is 1. The molecule has 136 valence electrons. The number of methoxy groups -OCH3 is 1. The molecular formula is C19H19NO6. The highest BCUT2D eigenvalue weighted by atomic mass is 16.5. The third kappa shape index (κ3) is 4.44. The van der Waals surface area contributed by atoms with Crippen LogP contribution >= 0.6 is 0 Å². The van der Waals surface area contributed by atoms with Gasteiger partial charge in [0.2, 0.25) is 0 Å². The van der Waals surface area contributed by atoms with Gasteiger partial charge in [-0.25, -0.2) is 4.79 Å². The van der Waals surface area contributed by atoms with Crippen LogP contribution in [-0.2, 0) is 9.53 Å². The van der Waals surface area contributed by atoms with Gasteiger partial charge in [-0.1, -0.05) is 0 Å². The standard InChI is InChI=1S/C19H19NO6/c1-23-19(22)13-3-6-15(7-4-13)26-12-18(21)20-14-5-8-16-17(11-14)25-10-2-9-24-16/h3-8,11H,2,9-10,12H2,1H3,(H,20,21). The van der Waals surface area contributed by atoms with Gasteiger partial charge < -0.3 is 24.3 Å². The molecule has 0 fully saturated rings. The quantitative estimate of drug-likeness (QED) is 0.829. The van der Waals surface area contributed by atoms with Crippen molar-refractivity contribution in [3.8, 4) is 17.2 Å². The number of hydrogen-bond acceptors (Lipinski definition) is 6. The summed E-state index contributed by atoms with van der Waals surface area (Å²) >= 11 is 0. The van der Waals surface area contributed by atoms with Crippen molar-refractivity contribution in [1.82, 2.24) is 0 Å². The van der Waals surface area contributed by atoms with Crippen molar-refractivity contribution >= 4 is 17.6 Å². The minimum atomic E-state index is -0.427. The first-order valence-electron chi connectivity index (χ1n) is 8.16. The highest BCUT2D eigenvalue weighted by Gasteiger charge is 2.12. The number of esters is 1. The Hall–Kier alpha value is -3.22. The lowest BCUT2D eigenvalue weighted by atomic mass is 10.2. The average Bonchev–Trinajstić information content (AvgIpc) is 2.91. The van der Waals surface area contributed by atoms with Crippen molar-refractivity contribution in [1.29, 1.82) is 0 Å². The number of carbonyl (C=O) groups is 2. The zero-order valence-corrected chi connectivity index (χ0v) is 14.3. The largest absolute Gasteiger partial charge is 0.490 e. The van der Waals surface area contributed by atoms with Crippen LogP contribution < -0.4 is 19.5 Å². The Kier molecular flexibility index (Phi) is 5.58. The topological polar surface area (TPSA) is 83.1 Å². The molecule has 2 aromatic carbocycles. The molecular weight excluding hydrogens is 338 g/mol. The monoisotopic (exact) mass is 357 g/mol. The van der Waals surface area contributed by atoms with Gasteiger partial charge >= 0.3 is 5.97 Å². The number of fused-ring (bicyclic) bond motifs is 1. The molecule has 1 amide bonds. The molecule has 0 unspecified atom stereocenters. The first-order chi connectivity index (χ1) is 12.7. The average molecular weight is 357 g/mol. The maximum absolute atomic E-state index is 12.1. The van der Waals surface area contributed by atoms with Crippen LogP contribution in [0.3, 0.4) is 0 Å². The van der Waals surface area contributed by atoms with E-state index in [0.29, 0.717) is 41.7 Å². The summed E-state index contributed by atoms with van der Waals surface area (Å²) in [5, 5.41) is 2.75. The number of rotatable bonds is 5. The van der Waals surface area contributed by atoms with E-state index >= 15 is 0 Å². The molecule has 2 aromatic rings. The van der Waals surface area contributed by atoms with Crippen molar-refractivity contribution < 1.29 is 28.5 Å². The number of carbonyl (C=O) groups excluding carboxylic acids is 2. The molecule has 0 bridgehead atoms. The van der Waals surface area contributed by atoms with Crippen LogP contribution in [0, 0.1) is 0 Å². The maximum Gasteiger partial charge on any atom is 0.337 e. The molecule has 1 aliphatic rings. The molecule has 0 aliphatic carbocycles. The van der Waals surface area contributed by atoms with Crippen LogP contribution in [0.2, 0.25) is 0 Å². The molecule has 0 saturated heterocycles. The Morgan fingerprint density at radius 1 is 1.04 bits per heavy atom. The zero-order valence-electron chi connectivity index (χ0n) is 14.3. The van der Waals surface area contributed by atoms with E-state index in [9.17, 15) is 9.59 Å². The molecule has 0 spiro atoms. The second kappa shape index (κ2) is 8.24. The summed E-state index contributed by atoms with van der Waals surface area (Å²) in [5.74, 6) is 1.02. The van der Waals surface area contributed by atoms with Crippen molar-refractivity contribution in [2.75, 3.05) is 32.2 Å². The molecule has 0 aromatic heterocycles. The number of anilines is 1. The zero-order chi connectivity index (χ0) is 18.4. The summed E-state index contributed by atoms with van der Waals surface area (Å²) in [4.78, 5) is 23.4. The van der Waals surface area contributed by atoms with Crippen molar-refractivity contribution in [3.05, 3.63) is 48.0 Å². The van der Waals surface area contributed by atoms with E-state index in [0.717, 1.165) is 6.42 Å². The SMILES string of the molecule is COC(=O)c1ccc(OCC(=O)Nc2ccc3c(c2)OCCCO3)cc1. The third-order valence-electron chi connectivity index (χ3n) is 3.68. The molecule has 3 rings (SSSR count). The highest BCUT2D eigenvalue weighted by Crippen LogP contribution is 2.32. The fraction of sp³-hybridized carbons (Fsp3) is 0.263. The van der Waals surface area contributed by atoms with E-state index in [4.69, 9.17) is 14.2 Å². The van der Waals surface area contributed by atoms with E-state index in [1.807, 2.05) is 0 Å². The van der Waals surface area contributed by atoms with Crippen LogP contribution in [0.1, 0.15) is 16.8 Å². The number of ether oxygens (including phenoxy) is 4. The van der Waals surface area contributed by atoms with Gasteiger partial charge in [0.05, 0.1) is 25.9 Å². The lowest BCUT2D eigenvalue weighted by Gasteiger charge is -2.11. The van der Waals surface area contributed by atoms with Crippen molar-refractivity contribution in [2.45, 2.75) is 6.42 Å². The summed E-state index contributed by atoms with van der Waals surface area (Å²) in [6.07, 6.45) is 0.818. The van der Waals surface area contributed by atoms with Gasteiger partial charge in [0.1, 0.15) is 5.75 Å². The van der Waals surface area contributed by atoms with E-state index in [1.165, 1.54) is 7.11 Å². The first-order valence-corrected chi connectivity index (χ1v) is 8.16. The Balaban J connectivity index is 1.54. The van der Waals surface area contributed by atoms with Crippen LogP contribution in [0.15, 0.2) is 42.5 Å². The maximum atomic E-state index is 12.1. The summed E-state index contributed by atoms with van der Waals surface area (Å²) < 4.78 is 21.2. The van der Waals surface area contributed by atoms with Gasteiger partial charge in [0.15, 0.2) is 18.1 Å². The molecule has 1 aliphatic heterocycles. The molecule has 0 saturated carbocycles. The third-order valence-corrected chi connectivity index (χ3v) is 3.68. The minimum absolute atomic E-state index is 0.161. The number of nitrogens with one attached hydrogen (secondary N) is 1. The van der Waals surface area contributed by atoms with Crippen LogP contribution in [-0.4, -0.2) is 38.8 Å². The molecule has 1 N–H and O–H groups in total. The lowest BCUT2D eigenvalue weighted by Crippen LogP contribution is -2.20. The predicted molar refractivity (Wildman–Crippen MR) is 94.0 cm³/mol. The first kappa shape index (κ1) is 17.6. The molecule has 0 radical (unpaired) electrons. The summed E-state index contributed by atoms with van der Waals surface area (Å²) in [6.45, 7) is 1.03. The van der Waals surface area contributed by atoms with E-state index in [2.05, 4.69) is 10.1 Å². The van der Waals surface area contributed by atoms with Gasteiger partial charge in [-0.3, -0.25) is 4.79 Å². The van der Waals surface area contributed by atoms with Gasteiger partial charge in [-0.2, -0.15) is 0 Å². The Labute approximate surface area is 150 Å². The fourth-order valence-electron chi connectivity index (χ4n) is 2.39. The summed E-state index contributed by atoms with van der Waals surface area (Å²) in [6, 6.07) is 11.6. The lowest BCUT2D eigenvalue weighted by molar-refractivity contribution is -0.118. The highest BCUT2D eigenvalue weighted by molar-refractivity contribution is 5.92. The van der Waals surface area contributed by atoms with E-state index in [-0.39, 0.29) is 12.5 Å². The number of benzene rings is 2. The van der Waals surface area contributed by atoms with Gasteiger partial charge in [-0.05, 0) is 36.4 Å². The Bertz CT molecular complexity index is 787. The van der Waals surface area contributed by atoms with Crippen LogP contribution in [0.5, 0.6) is 17.2 Å². The smallest absolute Gasteiger partial charge is 0.337 e. The van der Waals surface area contributed by atoms with Crippen molar-refractivity contribution in [3.63, 3.8) is 0 Å². The molecule has 7 heteroatoms. The van der Waals surface area contributed by atoms with Gasteiger partial charge in [0, 0.05) is 18.2 Å². The van der Waals surface area contributed by atoms with Gasteiger partial charge in [-0.15, -0.1) is 0 Å². The molecule has 0 atom stereocenters. The van der Waals surface area contributed by atoms with E-state index < -0.39 is 5.97 Å². The fourth-order valence-corrected chi connectivity index (χ4v) is 2.39. The Morgan fingerprint density at radius 2 is 1.77 bits per heavy atom. The van der Waals surface area contributed by atoms with E-state index in [1.54, 1.807) is 42.5 Å². The molecule has 26 heavy (non-hydrogen) atoms. The molecule has 1 heterocycles. The second-order valence-corrected chi connectivity index (χ2v) is 5.56. The van der Waals surface area contributed by atoms with Crippen molar-refractivity contribution in [2.24, 2.45) is 0 Å². The summed E-state index contributed by atoms with van der Waals surface area (Å²) in [5.41, 5.74) is 1.01. The predicted octanol–water partition coefficient (Wildman–Crippen LogP) is 2.65. The normalized spacial score (nSPS) is 12.7. The molecule has 7 nitrogen and oxygen atoms in total. The second-order valence-electron chi connectivity index (χ2n) is 5.56. The number of hydrogen-bond donors (Lipinski definition) is 1. The minimum Gasteiger partial charge on any atom is -0.490 e. The Morgan fingerprint density at radius 3 is 2.50 bits per heavy atom. The van der Waals surface area contributed by atoms with Crippen LogP contribution in [0.25, 0.3) is 0 Å². The van der Waals surface area contributed by atoms with Crippen LogP contribution in [0.4, 0.5) is 5.69 Å². The summed E-state index contributed by atoms with van der Waals surface area (Å²) in [7, 11) is 1.32.